The molecule has 0 aromatic carbocycles. The van der Waals surface area contributed by atoms with Gasteiger partial charge in [-0.3, -0.25) is 10.1 Å². The molecule has 0 atom stereocenters. The third kappa shape index (κ3) is 2.73. The number of rotatable bonds is 2. The van der Waals surface area contributed by atoms with Crippen molar-refractivity contribution in [1.82, 2.24) is 15.2 Å². The molecule has 0 unspecified atom stereocenters. The molecule has 6 nitrogen and oxygen atoms in total. The quantitative estimate of drug-likeness (QED) is 0.903. The first-order chi connectivity index (χ1) is 8.36. The Hall–Kier alpha value is -1.76. The summed E-state index contributed by atoms with van der Waals surface area (Å²) in [5.41, 5.74) is 0.118. The van der Waals surface area contributed by atoms with Gasteiger partial charge >= 0.3 is 6.01 Å². The van der Waals surface area contributed by atoms with Crippen LogP contribution < -0.4 is 5.32 Å². The van der Waals surface area contributed by atoms with Crippen molar-refractivity contribution in [1.29, 1.82) is 0 Å². The predicted octanol–water partition coefficient (Wildman–Crippen LogP) is 2.49. The molecule has 18 heavy (non-hydrogen) atoms. The van der Waals surface area contributed by atoms with Crippen LogP contribution in [0.3, 0.4) is 0 Å². The van der Waals surface area contributed by atoms with Gasteiger partial charge in [0.05, 0.1) is 5.01 Å². The van der Waals surface area contributed by atoms with Crippen LogP contribution in [0.15, 0.2) is 9.80 Å². The average Bonchev–Trinajstić information content (AvgIpc) is 2.85. The minimum Gasteiger partial charge on any atom is -0.401 e. The fourth-order valence-electron chi connectivity index (χ4n) is 1.12. The van der Waals surface area contributed by atoms with Crippen LogP contribution in [0.5, 0.6) is 0 Å². The fraction of sp³-hybridized carbons (Fsp3) is 0.455. The van der Waals surface area contributed by atoms with Gasteiger partial charge in [0.2, 0.25) is 5.91 Å². The molecule has 0 bridgehead atoms. The summed E-state index contributed by atoms with van der Waals surface area (Å²) < 4.78 is 5.34. The molecule has 0 spiro atoms. The van der Waals surface area contributed by atoms with Gasteiger partial charge in [0.15, 0.2) is 0 Å². The first-order valence-electron chi connectivity index (χ1n) is 5.44. The summed E-state index contributed by atoms with van der Waals surface area (Å²) in [6, 6.07) is 0.0931. The van der Waals surface area contributed by atoms with Crippen molar-refractivity contribution in [2.45, 2.75) is 27.7 Å². The summed E-state index contributed by atoms with van der Waals surface area (Å²) >= 11 is 1.50. The fourth-order valence-corrected chi connectivity index (χ4v) is 1.71. The van der Waals surface area contributed by atoms with Crippen LogP contribution in [0.1, 0.15) is 25.8 Å². The number of aromatic nitrogens is 3. The Morgan fingerprint density at radius 1 is 1.39 bits per heavy atom. The highest BCUT2D eigenvalue weighted by Crippen LogP contribution is 2.22. The van der Waals surface area contributed by atoms with E-state index in [2.05, 4.69) is 20.5 Å². The molecule has 96 valence electrons. The van der Waals surface area contributed by atoms with E-state index in [9.17, 15) is 4.79 Å². The van der Waals surface area contributed by atoms with Crippen molar-refractivity contribution in [3.05, 3.63) is 10.4 Å². The van der Waals surface area contributed by atoms with E-state index in [1.807, 2.05) is 33.1 Å². The molecule has 0 aliphatic rings. The third-order valence-electron chi connectivity index (χ3n) is 2.16. The van der Waals surface area contributed by atoms with Gasteiger partial charge in [-0.05, 0) is 6.92 Å². The van der Waals surface area contributed by atoms with E-state index in [0.29, 0.717) is 11.6 Å². The molecule has 2 aromatic heterocycles. The second-order valence-corrected chi connectivity index (χ2v) is 5.93. The SMILES string of the molecule is Cc1nc(-c2nnc(NC(=O)C(C)(C)C)o2)cs1. The van der Waals surface area contributed by atoms with Crippen LogP contribution in [0.25, 0.3) is 11.6 Å². The van der Waals surface area contributed by atoms with Crippen molar-refractivity contribution in [3.63, 3.8) is 0 Å². The third-order valence-corrected chi connectivity index (χ3v) is 2.94. The summed E-state index contributed by atoms with van der Waals surface area (Å²) in [4.78, 5) is 16.0. The molecule has 2 aromatic rings. The second kappa shape index (κ2) is 4.49. The Kier molecular flexibility index (Phi) is 3.16. The van der Waals surface area contributed by atoms with Crippen molar-refractivity contribution >= 4 is 23.3 Å². The summed E-state index contributed by atoms with van der Waals surface area (Å²) in [6.07, 6.45) is 0. The molecular formula is C11H14N4O2S. The standard InChI is InChI=1S/C11H14N4O2S/c1-6-12-7(5-18-6)8-14-15-10(17-8)13-9(16)11(2,3)4/h5H,1-4H3,(H,13,15,16). The Morgan fingerprint density at radius 3 is 2.67 bits per heavy atom. The van der Waals surface area contributed by atoms with Gasteiger partial charge in [-0.25, -0.2) is 4.98 Å². The van der Waals surface area contributed by atoms with E-state index in [1.165, 1.54) is 11.3 Å². The molecule has 0 radical (unpaired) electrons. The number of aryl methyl sites for hydroxylation is 1. The van der Waals surface area contributed by atoms with E-state index in [4.69, 9.17) is 4.42 Å². The lowest BCUT2D eigenvalue weighted by molar-refractivity contribution is -0.123. The number of nitrogens with zero attached hydrogens (tertiary/aromatic N) is 3. The second-order valence-electron chi connectivity index (χ2n) is 4.87. The predicted molar refractivity (Wildman–Crippen MR) is 68.2 cm³/mol. The lowest BCUT2D eigenvalue weighted by Gasteiger charge is -2.15. The highest BCUT2D eigenvalue weighted by atomic mass is 32.1. The summed E-state index contributed by atoms with van der Waals surface area (Å²) in [5, 5.41) is 12.9. The first kappa shape index (κ1) is 12.7. The number of carbonyl (C=O) groups excluding carboxylic acids is 1. The summed E-state index contributed by atoms with van der Waals surface area (Å²) in [7, 11) is 0. The molecule has 2 rings (SSSR count). The summed E-state index contributed by atoms with van der Waals surface area (Å²) in [5.74, 6) is 0.135. The van der Waals surface area contributed by atoms with Gasteiger partial charge in [-0.2, -0.15) is 0 Å². The molecule has 7 heteroatoms. The average molecular weight is 266 g/mol. The Morgan fingerprint density at radius 2 is 2.11 bits per heavy atom. The molecule has 0 fully saturated rings. The number of hydrogen-bond donors (Lipinski definition) is 1. The van der Waals surface area contributed by atoms with Gasteiger partial charge in [0.1, 0.15) is 5.69 Å². The Bertz CT molecular complexity index is 568. The zero-order chi connectivity index (χ0) is 13.3. The minimum atomic E-state index is -0.508. The number of hydrogen-bond acceptors (Lipinski definition) is 6. The number of carbonyl (C=O) groups is 1. The smallest absolute Gasteiger partial charge is 0.322 e. The van der Waals surface area contributed by atoms with Crippen LogP contribution in [0.2, 0.25) is 0 Å². The van der Waals surface area contributed by atoms with Crippen molar-refractivity contribution in [2.24, 2.45) is 5.41 Å². The van der Waals surface area contributed by atoms with Crippen LogP contribution >= 0.6 is 11.3 Å². The number of anilines is 1. The minimum absolute atomic E-state index is 0.0931. The van der Waals surface area contributed by atoms with E-state index >= 15 is 0 Å². The number of amides is 1. The Balaban J connectivity index is 2.14. The maximum absolute atomic E-state index is 11.7. The van der Waals surface area contributed by atoms with E-state index in [-0.39, 0.29) is 11.9 Å². The molecule has 1 amide bonds. The monoisotopic (exact) mass is 266 g/mol. The molecular weight excluding hydrogens is 252 g/mol. The Labute approximate surface area is 108 Å². The maximum atomic E-state index is 11.7. The molecule has 1 N–H and O–H groups in total. The van der Waals surface area contributed by atoms with Gasteiger partial charge in [0.25, 0.3) is 5.89 Å². The highest BCUT2D eigenvalue weighted by molar-refractivity contribution is 7.09. The normalized spacial score (nSPS) is 11.6. The van der Waals surface area contributed by atoms with Crippen LogP contribution in [0, 0.1) is 12.3 Å². The number of thiazole rings is 1. The topological polar surface area (TPSA) is 80.9 Å². The zero-order valence-electron chi connectivity index (χ0n) is 10.6. The van der Waals surface area contributed by atoms with Gasteiger partial charge in [-0.15, -0.1) is 16.4 Å². The van der Waals surface area contributed by atoms with E-state index in [0.717, 1.165) is 5.01 Å². The van der Waals surface area contributed by atoms with Crippen LogP contribution in [-0.4, -0.2) is 21.1 Å². The molecule has 0 aliphatic carbocycles. The van der Waals surface area contributed by atoms with Gasteiger partial charge in [-0.1, -0.05) is 25.9 Å². The van der Waals surface area contributed by atoms with E-state index in [1.54, 1.807) is 0 Å². The van der Waals surface area contributed by atoms with Crippen molar-refractivity contribution in [2.75, 3.05) is 5.32 Å². The lowest BCUT2D eigenvalue weighted by atomic mass is 9.96. The van der Waals surface area contributed by atoms with Crippen LogP contribution in [0.4, 0.5) is 6.01 Å². The number of nitrogens with one attached hydrogen (secondary N) is 1. The van der Waals surface area contributed by atoms with Crippen LogP contribution in [-0.2, 0) is 4.79 Å². The molecule has 0 saturated heterocycles. The first-order valence-corrected chi connectivity index (χ1v) is 6.31. The largest absolute Gasteiger partial charge is 0.401 e. The summed E-state index contributed by atoms with van der Waals surface area (Å²) in [6.45, 7) is 7.32. The zero-order valence-corrected chi connectivity index (χ0v) is 11.5. The highest BCUT2D eigenvalue weighted by Gasteiger charge is 2.23. The van der Waals surface area contributed by atoms with E-state index < -0.39 is 5.41 Å². The molecule has 0 aliphatic heterocycles. The molecule has 2 heterocycles. The maximum Gasteiger partial charge on any atom is 0.322 e. The van der Waals surface area contributed by atoms with Gasteiger partial charge < -0.3 is 4.42 Å². The van der Waals surface area contributed by atoms with Crippen molar-refractivity contribution in [3.8, 4) is 11.6 Å². The lowest BCUT2D eigenvalue weighted by Crippen LogP contribution is -2.27. The molecule has 0 saturated carbocycles. The van der Waals surface area contributed by atoms with Gasteiger partial charge in [0, 0.05) is 10.8 Å². The van der Waals surface area contributed by atoms with Crippen molar-refractivity contribution < 1.29 is 9.21 Å².